The average molecular weight is 404 g/mol. The molecule has 3 aliphatic carbocycles. The van der Waals surface area contributed by atoms with Crippen LogP contribution in [-0.4, -0.2) is 24.5 Å². The predicted molar refractivity (Wildman–Crippen MR) is 109 cm³/mol. The maximum atomic E-state index is 13.0. The summed E-state index contributed by atoms with van der Waals surface area (Å²) in [5.74, 6) is 1.72. The monoisotopic (exact) mass is 403 g/mol. The fourth-order valence-electron chi connectivity index (χ4n) is 5.94. The Kier molecular flexibility index (Phi) is 5.69. The smallest absolute Gasteiger partial charge is 0.317 e. The van der Waals surface area contributed by atoms with Gasteiger partial charge in [0.15, 0.2) is 6.61 Å². The normalized spacial score (nSPS) is 28.9. The molecule has 0 aliphatic heterocycles. The molecule has 1 amide bonds. The van der Waals surface area contributed by atoms with E-state index in [1.54, 1.807) is 0 Å². The molecule has 152 valence electrons. The van der Waals surface area contributed by atoms with Gasteiger partial charge in [-0.2, -0.15) is 0 Å². The largest absolute Gasteiger partial charge is 0.455 e. The van der Waals surface area contributed by atoms with Crippen LogP contribution in [-0.2, 0) is 19.7 Å². The first-order valence-corrected chi connectivity index (χ1v) is 11.1. The molecule has 0 radical (unpaired) electrons. The number of rotatable bonds is 6. The quantitative estimate of drug-likeness (QED) is 0.704. The predicted octanol–water partition coefficient (Wildman–Crippen LogP) is 4.64. The van der Waals surface area contributed by atoms with E-state index in [1.165, 1.54) is 25.7 Å². The van der Waals surface area contributed by atoms with Gasteiger partial charge in [-0.3, -0.25) is 9.59 Å². The highest BCUT2D eigenvalue weighted by Gasteiger charge is 2.45. The molecule has 1 aromatic carbocycles. The highest BCUT2D eigenvalue weighted by molar-refractivity contribution is 6.30. The fraction of sp³-hybridized carbons (Fsp3) is 0.652. The number of amides is 1. The molecule has 2 bridgehead atoms. The molecule has 0 saturated heterocycles. The Morgan fingerprint density at radius 3 is 2.50 bits per heavy atom. The van der Waals surface area contributed by atoms with Gasteiger partial charge in [-0.1, -0.05) is 43.0 Å². The van der Waals surface area contributed by atoms with Crippen LogP contribution < -0.4 is 5.32 Å². The Hall–Kier alpha value is -1.55. The van der Waals surface area contributed by atoms with Crippen LogP contribution in [0.2, 0.25) is 5.02 Å². The summed E-state index contributed by atoms with van der Waals surface area (Å²) in [7, 11) is 0. The van der Waals surface area contributed by atoms with E-state index < -0.39 is 5.41 Å². The number of hydrogen-bond acceptors (Lipinski definition) is 3. The van der Waals surface area contributed by atoms with E-state index in [1.807, 2.05) is 24.3 Å². The summed E-state index contributed by atoms with van der Waals surface area (Å²) in [5.41, 5.74) is 0.302. The molecule has 1 aromatic rings. The topological polar surface area (TPSA) is 55.4 Å². The summed E-state index contributed by atoms with van der Waals surface area (Å²) < 4.78 is 5.52. The molecular formula is C23H30ClNO3. The zero-order valence-corrected chi connectivity index (χ0v) is 17.3. The molecule has 4 nitrogen and oxygen atoms in total. The molecule has 0 aromatic heterocycles. The maximum absolute atomic E-state index is 13.0. The van der Waals surface area contributed by atoms with Crippen LogP contribution in [0.15, 0.2) is 24.3 Å². The van der Waals surface area contributed by atoms with Crippen LogP contribution in [0.4, 0.5) is 0 Å². The van der Waals surface area contributed by atoms with Gasteiger partial charge in [0.25, 0.3) is 5.91 Å². The standard InChI is InChI=1S/C23H30ClNO3/c1-15(20-13-16-4-5-17(20)12-16)25-21(26)14-28-22(27)23(10-2-3-11-23)18-6-8-19(24)9-7-18/h6-9,15-17,20H,2-5,10-14H2,1H3,(H,25,26)/t15-,16+,17+,20-/m0/s1. The summed E-state index contributed by atoms with van der Waals surface area (Å²) in [6.45, 7) is 1.90. The number of ether oxygens (including phenoxy) is 1. The highest BCUT2D eigenvalue weighted by Crippen LogP contribution is 2.49. The molecule has 1 N–H and O–H groups in total. The third-order valence-electron chi connectivity index (χ3n) is 7.40. The van der Waals surface area contributed by atoms with Crippen molar-refractivity contribution in [2.75, 3.05) is 6.61 Å². The lowest BCUT2D eigenvalue weighted by atomic mass is 9.79. The number of fused-ring (bicyclic) bond motifs is 2. The van der Waals surface area contributed by atoms with Crippen molar-refractivity contribution in [1.29, 1.82) is 0 Å². The van der Waals surface area contributed by atoms with Crippen LogP contribution in [0.1, 0.15) is 63.9 Å². The number of esters is 1. The van der Waals surface area contributed by atoms with Gasteiger partial charge < -0.3 is 10.1 Å². The van der Waals surface area contributed by atoms with Crippen LogP contribution in [0.3, 0.4) is 0 Å². The maximum Gasteiger partial charge on any atom is 0.317 e. The van der Waals surface area contributed by atoms with Gasteiger partial charge in [-0.25, -0.2) is 0 Å². The first-order chi connectivity index (χ1) is 13.5. The van der Waals surface area contributed by atoms with E-state index in [4.69, 9.17) is 16.3 Å². The van der Waals surface area contributed by atoms with Crippen molar-refractivity contribution in [2.45, 2.75) is 69.7 Å². The van der Waals surface area contributed by atoms with Crippen molar-refractivity contribution in [3.8, 4) is 0 Å². The first-order valence-electron chi connectivity index (χ1n) is 10.7. The van der Waals surface area contributed by atoms with Crippen molar-refractivity contribution >= 4 is 23.5 Å². The minimum atomic E-state index is -0.638. The summed E-state index contributed by atoms with van der Waals surface area (Å²) in [6.07, 6.45) is 8.71. The van der Waals surface area contributed by atoms with Gasteiger partial charge in [-0.05, 0) is 74.5 Å². The number of nitrogens with one attached hydrogen (secondary N) is 1. The van der Waals surface area contributed by atoms with E-state index in [9.17, 15) is 9.59 Å². The Morgan fingerprint density at radius 2 is 1.89 bits per heavy atom. The molecule has 0 heterocycles. The molecule has 3 saturated carbocycles. The van der Waals surface area contributed by atoms with Crippen molar-refractivity contribution < 1.29 is 14.3 Å². The second kappa shape index (κ2) is 8.06. The zero-order chi connectivity index (χ0) is 19.7. The van der Waals surface area contributed by atoms with Crippen LogP contribution in [0.25, 0.3) is 0 Å². The van der Waals surface area contributed by atoms with Crippen molar-refractivity contribution in [3.05, 3.63) is 34.9 Å². The molecule has 0 spiro atoms. The van der Waals surface area contributed by atoms with Gasteiger partial charge in [0.2, 0.25) is 0 Å². The lowest BCUT2D eigenvalue weighted by Crippen LogP contribution is -2.43. The SMILES string of the molecule is C[C@H](NC(=O)COC(=O)C1(c2ccc(Cl)cc2)CCCC1)[C@@H]1C[C@@H]2CC[C@@H]1C2. The van der Waals surface area contributed by atoms with E-state index in [2.05, 4.69) is 12.2 Å². The summed E-state index contributed by atoms with van der Waals surface area (Å²) >= 11 is 6.00. The van der Waals surface area contributed by atoms with Gasteiger partial charge in [0.05, 0.1) is 5.41 Å². The van der Waals surface area contributed by atoms with Crippen LogP contribution >= 0.6 is 11.6 Å². The minimum Gasteiger partial charge on any atom is -0.455 e. The van der Waals surface area contributed by atoms with Crippen molar-refractivity contribution in [3.63, 3.8) is 0 Å². The number of carbonyl (C=O) groups is 2. The van der Waals surface area contributed by atoms with E-state index in [0.717, 1.165) is 43.1 Å². The molecule has 4 atom stereocenters. The summed E-state index contributed by atoms with van der Waals surface area (Å²) in [5, 5.41) is 3.73. The average Bonchev–Trinajstić information content (AvgIpc) is 3.43. The van der Waals surface area contributed by atoms with Crippen molar-refractivity contribution in [2.24, 2.45) is 17.8 Å². The highest BCUT2D eigenvalue weighted by atomic mass is 35.5. The Bertz CT molecular complexity index is 726. The van der Waals surface area contributed by atoms with Gasteiger partial charge in [0, 0.05) is 11.1 Å². The fourth-order valence-corrected chi connectivity index (χ4v) is 6.06. The molecule has 4 rings (SSSR count). The summed E-state index contributed by atoms with van der Waals surface area (Å²) in [4.78, 5) is 25.4. The number of halogens is 1. The van der Waals surface area contributed by atoms with Gasteiger partial charge in [-0.15, -0.1) is 0 Å². The first kappa shape index (κ1) is 19.8. The lowest BCUT2D eigenvalue weighted by Gasteiger charge is -2.29. The second-order valence-corrected chi connectivity index (χ2v) is 9.50. The molecule has 0 unspecified atom stereocenters. The molecular weight excluding hydrogens is 374 g/mol. The van der Waals surface area contributed by atoms with Crippen molar-refractivity contribution in [1.82, 2.24) is 5.32 Å². The van der Waals surface area contributed by atoms with Gasteiger partial charge in [0.1, 0.15) is 0 Å². The van der Waals surface area contributed by atoms with E-state index >= 15 is 0 Å². The lowest BCUT2D eigenvalue weighted by molar-refractivity contribution is -0.154. The molecule has 28 heavy (non-hydrogen) atoms. The third kappa shape index (κ3) is 3.80. The van der Waals surface area contributed by atoms with Gasteiger partial charge >= 0.3 is 5.97 Å². The Balaban J connectivity index is 1.33. The third-order valence-corrected chi connectivity index (χ3v) is 7.65. The second-order valence-electron chi connectivity index (χ2n) is 9.07. The van der Waals surface area contributed by atoms with Crippen LogP contribution in [0, 0.1) is 17.8 Å². The number of hydrogen-bond donors (Lipinski definition) is 1. The molecule has 3 aliphatic rings. The number of benzene rings is 1. The zero-order valence-electron chi connectivity index (χ0n) is 16.6. The number of carbonyl (C=O) groups excluding carboxylic acids is 2. The molecule has 5 heteroatoms. The molecule has 3 fully saturated rings. The van der Waals surface area contributed by atoms with Crippen LogP contribution in [0.5, 0.6) is 0 Å². The minimum absolute atomic E-state index is 0.151. The summed E-state index contributed by atoms with van der Waals surface area (Å²) in [6, 6.07) is 7.60. The van der Waals surface area contributed by atoms with E-state index in [0.29, 0.717) is 10.9 Å². The van der Waals surface area contributed by atoms with E-state index in [-0.39, 0.29) is 24.5 Å². The Morgan fingerprint density at radius 1 is 1.18 bits per heavy atom. The Labute approximate surface area is 172 Å².